The molecule has 2 amide bonds. The van der Waals surface area contributed by atoms with Crippen molar-refractivity contribution in [1.29, 1.82) is 0 Å². The van der Waals surface area contributed by atoms with Crippen LogP contribution in [0.15, 0.2) is 87.8 Å². The Bertz CT molecular complexity index is 1350. The number of benzene rings is 3. The van der Waals surface area contributed by atoms with Crippen LogP contribution in [0.25, 0.3) is 0 Å². The number of hydrogen-bond acceptors (Lipinski definition) is 4. The topological polar surface area (TPSA) is 86.8 Å². The van der Waals surface area contributed by atoms with Gasteiger partial charge in [-0.15, -0.1) is 0 Å². The Kier molecular flexibility index (Phi) is 10.5. The first kappa shape index (κ1) is 29.9. The summed E-state index contributed by atoms with van der Waals surface area (Å²) in [4.78, 5) is 28.9. The summed E-state index contributed by atoms with van der Waals surface area (Å²) in [5.41, 5.74) is 2.05. The van der Waals surface area contributed by atoms with Gasteiger partial charge in [-0.05, 0) is 55.3 Å². The molecule has 0 saturated carbocycles. The Morgan fingerprint density at radius 1 is 0.868 bits per heavy atom. The zero-order valence-electron chi connectivity index (χ0n) is 21.5. The first-order chi connectivity index (χ1) is 17.9. The number of amides is 2. The summed E-state index contributed by atoms with van der Waals surface area (Å²) in [6, 6.07) is 22.7. The molecule has 0 saturated heterocycles. The standard InChI is InChI=1S/C28H31Br2N3O4S/c1-20(2)31-28(35)26(16-21-8-5-4-6-9-21)32(18-22-12-14-23(29)15-13-22)27(34)19-33(38(3,36)37)25-11-7-10-24(30)17-25/h4-15,17,20,26H,16,18-19H2,1-3H3,(H,31,35). The summed E-state index contributed by atoms with van der Waals surface area (Å²) in [5.74, 6) is -0.791. The smallest absolute Gasteiger partial charge is 0.244 e. The van der Waals surface area contributed by atoms with Crippen molar-refractivity contribution >= 4 is 59.4 Å². The third-order valence-corrected chi connectivity index (χ3v) is 7.91. The second-order valence-electron chi connectivity index (χ2n) is 9.27. The molecule has 202 valence electrons. The number of rotatable bonds is 11. The quantitative estimate of drug-likeness (QED) is 0.308. The normalized spacial score (nSPS) is 12.2. The first-order valence-electron chi connectivity index (χ1n) is 12.1. The molecule has 3 aromatic carbocycles. The van der Waals surface area contributed by atoms with Crippen LogP contribution in [0.5, 0.6) is 0 Å². The fourth-order valence-corrected chi connectivity index (χ4v) is 5.46. The number of halogens is 2. The minimum absolute atomic E-state index is 0.130. The molecule has 3 rings (SSSR count). The molecule has 0 fully saturated rings. The van der Waals surface area contributed by atoms with E-state index < -0.39 is 28.5 Å². The summed E-state index contributed by atoms with van der Waals surface area (Å²) in [5, 5.41) is 2.94. The SMILES string of the molecule is CC(C)NC(=O)C(Cc1ccccc1)N(Cc1ccc(Br)cc1)C(=O)CN(c1cccc(Br)c1)S(C)(=O)=O. The molecule has 0 bridgehead atoms. The van der Waals surface area contributed by atoms with Crippen molar-refractivity contribution in [3.05, 3.63) is 98.9 Å². The molecule has 0 aromatic heterocycles. The third kappa shape index (κ3) is 8.68. The van der Waals surface area contributed by atoms with E-state index in [2.05, 4.69) is 37.2 Å². The van der Waals surface area contributed by atoms with Crippen LogP contribution >= 0.6 is 31.9 Å². The van der Waals surface area contributed by atoms with Gasteiger partial charge in [0.2, 0.25) is 21.8 Å². The minimum atomic E-state index is -3.81. The summed E-state index contributed by atoms with van der Waals surface area (Å²) in [6.45, 7) is 3.39. The van der Waals surface area contributed by atoms with E-state index in [0.717, 1.165) is 26.2 Å². The van der Waals surface area contributed by atoms with Gasteiger partial charge in [0.1, 0.15) is 12.6 Å². The van der Waals surface area contributed by atoms with Crippen molar-refractivity contribution in [1.82, 2.24) is 10.2 Å². The van der Waals surface area contributed by atoms with Gasteiger partial charge in [0.15, 0.2) is 0 Å². The van der Waals surface area contributed by atoms with E-state index in [4.69, 9.17) is 0 Å². The molecule has 0 spiro atoms. The van der Waals surface area contributed by atoms with Gasteiger partial charge in [-0.25, -0.2) is 8.42 Å². The van der Waals surface area contributed by atoms with Crippen LogP contribution in [0.1, 0.15) is 25.0 Å². The second kappa shape index (κ2) is 13.4. The highest BCUT2D eigenvalue weighted by Gasteiger charge is 2.33. The van der Waals surface area contributed by atoms with Gasteiger partial charge in [-0.3, -0.25) is 13.9 Å². The van der Waals surface area contributed by atoms with Crippen LogP contribution in [0, 0.1) is 0 Å². The average Bonchev–Trinajstić information content (AvgIpc) is 2.85. The van der Waals surface area contributed by atoms with Crippen LogP contribution in [-0.2, 0) is 32.6 Å². The van der Waals surface area contributed by atoms with Crippen molar-refractivity contribution < 1.29 is 18.0 Å². The number of hydrogen-bond donors (Lipinski definition) is 1. The molecule has 0 heterocycles. The number of nitrogens with one attached hydrogen (secondary N) is 1. The maximum Gasteiger partial charge on any atom is 0.244 e. The Labute approximate surface area is 241 Å². The highest BCUT2D eigenvalue weighted by Crippen LogP contribution is 2.24. The molecule has 7 nitrogen and oxygen atoms in total. The highest BCUT2D eigenvalue weighted by molar-refractivity contribution is 9.10. The fraction of sp³-hybridized carbons (Fsp3) is 0.286. The van der Waals surface area contributed by atoms with Crippen LogP contribution in [0.4, 0.5) is 5.69 Å². The summed E-state index contributed by atoms with van der Waals surface area (Å²) >= 11 is 6.80. The number of carbonyl (C=O) groups is 2. The van der Waals surface area contributed by atoms with E-state index in [9.17, 15) is 18.0 Å². The molecule has 0 aliphatic rings. The van der Waals surface area contributed by atoms with E-state index in [1.807, 2.05) is 68.4 Å². The predicted octanol–water partition coefficient (Wildman–Crippen LogP) is 5.14. The Morgan fingerprint density at radius 2 is 1.53 bits per heavy atom. The third-order valence-electron chi connectivity index (χ3n) is 5.74. The molecule has 38 heavy (non-hydrogen) atoms. The van der Waals surface area contributed by atoms with E-state index in [1.165, 1.54) is 4.90 Å². The van der Waals surface area contributed by atoms with Gasteiger partial charge >= 0.3 is 0 Å². The van der Waals surface area contributed by atoms with E-state index in [1.54, 1.807) is 24.3 Å². The molecular weight excluding hydrogens is 634 g/mol. The van der Waals surface area contributed by atoms with Gasteiger partial charge in [0, 0.05) is 28.0 Å². The van der Waals surface area contributed by atoms with Crippen LogP contribution in [-0.4, -0.2) is 50.0 Å². The molecule has 10 heteroatoms. The zero-order valence-corrected chi connectivity index (χ0v) is 25.5. The molecular formula is C28H31Br2N3O4S. The molecule has 1 unspecified atom stereocenters. The second-order valence-corrected chi connectivity index (χ2v) is 13.0. The minimum Gasteiger partial charge on any atom is -0.352 e. The van der Waals surface area contributed by atoms with Gasteiger partial charge < -0.3 is 10.2 Å². The van der Waals surface area contributed by atoms with Gasteiger partial charge in [-0.1, -0.05) is 80.4 Å². The molecule has 3 aromatic rings. The predicted molar refractivity (Wildman–Crippen MR) is 158 cm³/mol. The molecule has 1 N–H and O–H groups in total. The Hall–Kier alpha value is -2.69. The first-order valence-corrected chi connectivity index (χ1v) is 15.5. The summed E-state index contributed by atoms with van der Waals surface area (Å²) < 4.78 is 28.2. The molecule has 1 atom stereocenters. The van der Waals surface area contributed by atoms with Gasteiger partial charge in [-0.2, -0.15) is 0 Å². The Morgan fingerprint density at radius 3 is 2.11 bits per heavy atom. The summed E-state index contributed by atoms with van der Waals surface area (Å²) in [6.07, 6.45) is 1.34. The van der Waals surface area contributed by atoms with E-state index in [0.29, 0.717) is 10.2 Å². The average molecular weight is 665 g/mol. The highest BCUT2D eigenvalue weighted by atomic mass is 79.9. The lowest BCUT2D eigenvalue weighted by molar-refractivity contribution is -0.140. The van der Waals surface area contributed by atoms with Crippen LogP contribution in [0.3, 0.4) is 0 Å². The fourth-order valence-electron chi connectivity index (χ4n) is 3.97. The van der Waals surface area contributed by atoms with Crippen molar-refractivity contribution in [2.45, 2.75) is 38.9 Å². The number of sulfonamides is 1. The monoisotopic (exact) mass is 663 g/mol. The van der Waals surface area contributed by atoms with Crippen LogP contribution < -0.4 is 9.62 Å². The van der Waals surface area contributed by atoms with E-state index >= 15 is 0 Å². The molecule has 0 aliphatic heterocycles. The van der Waals surface area contributed by atoms with Crippen molar-refractivity contribution in [3.63, 3.8) is 0 Å². The zero-order chi connectivity index (χ0) is 27.9. The van der Waals surface area contributed by atoms with Crippen molar-refractivity contribution in [2.24, 2.45) is 0 Å². The van der Waals surface area contributed by atoms with E-state index in [-0.39, 0.29) is 24.9 Å². The lowest BCUT2D eigenvalue weighted by atomic mass is 10.0. The van der Waals surface area contributed by atoms with Crippen LogP contribution in [0.2, 0.25) is 0 Å². The van der Waals surface area contributed by atoms with Gasteiger partial charge in [0.25, 0.3) is 0 Å². The maximum absolute atomic E-state index is 14.0. The number of nitrogens with zero attached hydrogens (tertiary/aromatic N) is 2. The molecule has 0 aliphatic carbocycles. The van der Waals surface area contributed by atoms with Crippen molar-refractivity contribution in [3.8, 4) is 0 Å². The largest absolute Gasteiger partial charge is 0.352 e. The number of carbonyl (C=O) groups excluding carboxylic acids is 2. The lowest BCUT2D eigenvalue weighted by Crippen LogP contribution is -2.54. The molecule has 0 radical (unpaired) electrons. The summed E-state index contributed by atoms with van der Waals surface area (Å²) in [7, 11) is -3.81. The van der Waals surface area contributed by atoms with Gasteiger partial charge in [0.05, 0.1) is 11.9 Å². The lowest BCUT2D eigenvalue weighted by Gasteiger charge is -2.34. The number of anilines is 1. The van der Waals surface area contributed by atoms with Crippen molar-refractivity contribution in [2.75, 3.05) is 17.1 Å². The maximum atomic E-state index is 14.0. The Balaban J connectivity index is 2.05.